The van der Waals surface area contributed by atoms with Gasteiger partial charge in [-0.15, -0.1) is 0 Å². The Morgan fingerprint density at radius 1 is 0.507 bits per heavy atom. The van der Waals surface area contributed by atoms with Crippen LogP contribution < -0.4 is 48.7 Å². The first-order valence-electron chi connectivity index (χ1n) is 23.1. The van der Waals surface area contributed by atoms with E-state index < -0.39 is 140 Å². The minimum atomic E-state index is -1.78. The molecule has 0 radical (unpaired) electrons. The molecular weight excluding hydrogens is 947 g/mol. The molecule has 0 heterocycles. The molecule has 8 atom stereocenters. The number of carboxylic acid groups (broad SMARTS) is 3. The molecular formula is C47H69N9O14S. The van der Waals surface area contributed by atoms with Gasteiger partial charge < -0.3 is 69.1 Å². The Labute approximate surface area is 416 Å². The number of rotatable bonds is 34. The van der Waals surface area contributed by atoms with Gasteiger partial charge in [-0.2, -0.15) is 11.8 Å². The van der Waals surface area contributed by atoms with Gasteiger partial charge in [0.2, 0.25) is 41.4 Å². The van der Waals surface area contributed by atoms with Gasteiger partial charge in [-0.25, -0.2) is 4.79 Å². The molecule has 0 aromatic heterocycles. The van der Waals surface area contributed by atoms with E-state index in [0.717, 1.165) is 0 Å². The molecule has 0 saturated carbocycles. The zero-order valence-corrected chi connectivity index (χ0v) is 40.9. The first kappa shape index (κ1) is 60.5. The van der Waals surface area contributed by atoms with Crippen molar-refractivity contribution in [2.24, 2.45) is 17.4 Å². The summed E-state index contributed by atoms with van der Waals surface area (Å²) in [5.74, 6) is -10.5. The van der Waals surface area contributed by atoms with Crippen LogP contribution in [0.4, 0.5) is 0 Å². The molecule has 0 aliphatic carbocycles. The number of aliphatic hydroxyl groups is 1. The van der Waals surface area contributed by atoms with E-state index in [-0.39, 0.29) is 38.1 Å². The third-order valence-electron chi connectivity index (χ3n) is 11.0. The van der Waals surface area contributed by atoms with E-state index in [9.17, 15) is 68.4 Å². The number of thioether (sulfide) groups is 1. The molecule has 0 saturated heterocycles. The third-order valence-corrected chi connectivity index (χ3v) is 11.7. The monoisotopic (exact) mass is 1020 g/mol. The minimum absolute atomic E-state index is 0.0183. The van der Waals surface area contributed by atoms with Crippen LogP contribution in [0.3, 0.4) is 0 Å². The van der Waals surface area contributed by atoms with Gasteiger partial charge in [0.25, 0.3) is 0 Å². The summed E-state index contributed by atoms with van der Waals surface area (Å²) in [5, 5.41) is 56.4. The maximum Gasteiger partial charge on any atom is 0.326 e. The summed E-state index contributed by atoms with van der Waals surface area (Å²) in [7, 11) is 0. The smallest absolute Gasteiger partial charge is 0.326 e. The Morgan fingerprint density at radius 3 is 1.28 bits per heavy atom. The Bertz CT molecular complexity index is 2090. The third kappa shape index (κ3) is 22.8. The van der Waals surface area contributed by atoms with Crippen LogP contribution >= 0.6 is 11.8 Å². The summed E-state index contributed by atoms with van der Waals surface area (Å²) in [6.07, 6.45) is -0.0266. The summed E-state index contributed by atoms with van der Waals surface area (Å²) >= 11 is 1.41. The molecule has 15 N–H and O–H groups in total. The first-order chi connectivity index (χ1) is 33.7. The molecule has 0 spiro atoms. The fourth-order valence-electron chi connectivity index (χ4n) is 6.85. The number of amides is 7. The highest BCUT2D eigenvalue weighted by Gasteiger charge is 2.35. The van der Waals surface area contributed by atoms with Crippen LogP contribution in [-0.2, 0) is 60.8 Å². The molecule has 2 aromatic rings. The van der Waals surface area contributed by atoms with Crippen molar-refractivity contribution >= 4 is 71.0 Å². The van der Waals surface area contributed by atoms with E-state index in [1.165, 1.54) is 11.8 Å². The highest BCUT2D eigenvalue weighted by atomic mass is 32.2. The fraction of sp³-hybridized carbons (Fsp3) is 0.532. The van der Waals surface area contributed by atoms with Crippen LogP contribution in [0.1, 0.15) is 76.3 Å². The Balaban J connectivity index is 2.41. The average Bonchev–Trinajstić information content (AvgIpc) is 3.33. The molecule has 23 nitrogen and oxygen atoms in total. The van der Waals surface area contributed by atoms with Crippen LogP contribution in [0.2, 0.25) is 0 Å². The van der Waals surface area contributed by atoms with Gasteiger partial charge in [0.05, 0.1) is 12.6 Å². The molecule has 2 rings (SSSR count). The summed E-state index contributed by atoms with van der Waals surface area (Å²) in [6, 6.07) is 4.94. The fourth-order valence-corrected chi connectivity index (χ4v) is 7.32. The first-order valence-corrected chi connectivity index (χ1v) is 24.5. The second-order valence-corrected chi connectivity index (χ2v) is 18.0. The Morgan fingerprint density at radius 2 is 0.873 bits per heavy atom. The lowest BCUT2D eigenvalue weighted by atomic mass is 10.0. The zero-order chi connectivity index (χ0) is 53.0. The molecule has 0 aliphatic heterocycles. The van der Waals surface area contributed by atoms with Crippen LogP contribution in [0.15, 0.2) is 60.7 Å². The number of aliphatic hydroxyl groups excluding tert-OH is 1. The van der Waals surface area contributed by atoms with Crippen LogP contribution in [0, 0.1) is 5.92 Å². The number of carboxylic acids is 3. The van der Waals surface area contributed by atoms with Crippen molar-refractivity contribution in [1.82, 2.24) is 37.2 Å². The van der Waals surface area contributed by atoms with E-state index in [1.54, 1.807) is 80.8 Å². The van der Waals surface area contributed by atoms with Crippen molar-refractivity contribution in [2.45, 2.75) is 126 Å². The molecule has 24 heteroatoms. The zero-order valence-electron chi connectivity index (χ0n) is 40.1. The normalized spacial score (nSPS) is 14.4. The lowest BCUT2D eigenvalue weighted by Crippen LogP contribution is -2.61. The Hall–Kier alpha value is -6.63. The largest absolute Gasteiger partial charge is 0.481 e. The highest BCUT2D eigenvalue weighted by molar-refractivity contribution is 7.98. The van der Waals surface area contributed by atoms with Crippen molar-refractivity contribution < 1.29 is 68.4 Å². The maximum atomic E-state index is 14.1. The van der Waals surface area contributed by atoms with E-state index in [4.69, 9.17) is 11.5 Å². The number of carbonyl (C=O) groups is 10. The van der Waals surface area contributed by atoms with Gasteiger partial charge >= 0.3 is 17.9 Å². The quantitative estimate of drug-likeness (QED) is 0.0356. The van der Waals surface area contributed by atoms with Crippen molar-refractivity contribution in [1.29, 1.82) is 0 Å². The number of aliphatic carboxylic acids is 3. The SMILES string of the molecule is CSCC[C@H](NC(=O)[C@@H](N)C(C)C)C(=O)N[C@@H](CCCCN)C(=O)N[C@@H](CO)C(=O)N[C@@H](CCC(=O)O)C(=O)N[C@@H](Cc1ccccc1)C(=O)N[C@@H](CCC(=O)O)C(=O)N[C@@H](Cc1ccccc1)C(=O)O. The van der Waals surface area contributed by atoms with Crippen LogP contribution in [-0.4, -0.2) is 153 Å². The minimum Gasteiger partial charge on any atom is -0.481 e. The molecule has 0 bridgehead atoms. The second kappa shape index (κ2) is 32.3. The molecule has 7 amide bonds. The predicted octanol–water partition coefficient (Wildman–Crippen LogP) is -1.46. The number of hydrogen-bond acceptors (Lipinski definition) is 14. The van der Waals surface area contributed by atoms with Gasteiger partial charge in [-0.1, -0.05) is 74.5 Å². The average molecular weight is 1020 g/mol. The van der Waals surface area contributed by atoms with Gasteiger partial charge in [0.1, 0.15) is 42.3 Å². The number of carbonyl (C=O) groups excluding carboxylic acids is 7. The van der Waals surface area contributed by atoms with Crippen molar-refractivity contribution in [3.05, 3.63) is 71.8 Å². The number of hydrogen-bond donors (Lipinski definition) is 13. The van der Waals surface area contributed by atoms with E-state index in [0.29, 0.717) is 29.7 Å². The Kier molecular flexibility index (Phi) is 27.5. The van der Waals surface area contributed by atoms with Gasteiger partial charge in [0.15, 0.2) is 0 Å². The topological polar surface area (TPSA) is 388 Å². The van der Waals surface area contributed by atoms with E-state index in [2.05, 4.69) is 37.2 Å². The number of benzene rings is 2. The van der Waals surface area contributed by atoms with Crippen molar-refractivity contribution in [3.63, 3.8) is 0 Å². The standard InChI is InChI=1S/C47H69N9O14S/c1-27(2)39(49)46(68)53-33(21-23-71-3)43(65)50-30(16-10-11-22-48)40(62)56-36(26-57)45(67)52-31(17-19-37(58)59)41(63)54-34(24-28-12-6-4-7-13-28)44(66)51-32(18-20-38(60)61)42(64)55-35(47(69)70)25-29-14-8-5-9-15-29/h4-9,12-15,27,30-36,39,57H,10-11,16-26,48-49H2,1-3H3,(H,50,65)(H,51,66)(H,52,67)(H,53,68)(H,54,63)(H,55,64)(H,56,62)(H,58,59)(H,60,61)(H,69,70)/t30-,31-,32-,33-,34-,35-,36-,39-/m0/s1. The van der Waals surface area contributed by atoms with Crippen molar-refractivity contribution in [2.75, 3.05) is 25.2 Å². The van der Waals surface area contributed by atoms with Gasteiger partial charge in [0, 0.05) is 25.7 Å². The highest BCUT2D eigenvalue weighted by Crippen LogP contribution is 2.11. The molecule has 71 heavy (non-hydrogen) atoms. The van der Waals surface area contributed by atoms with Crippen molar-refractivity contribution in [3.8, 4) is 0 Å². The predicted molar refractivity (Wildman–Crippen MR) is 261 cm³/mol. The maximum absolute atomic E-state index is 14.1. The van der Waals surface area contributed by atoms with Gasteiger partial charge in [-0.05, 0) is 74.1 Å². The van der Waals surface area contributed by atoms with E-state index in [1.807, 2.05) is 0 Å². The summed E-state index contributed by atoms with van der Waals surface area (Å²) < 4.78 is 0. The summed E-state index contributed by atoms with van der Waals surface area (Å²) in [5.41, 5.74) is 12.7. The molecule has 392 valence electrons. The van der Waals surface area contributed by atoms with Gasteiger partial charge in [-0.3, -0.25) is 43.2 Å². The van der Waals surface area contributed by atoms with Crippen LogP contribution in [0.5, 0.6) is 0 Å². The number of unbranched alkanes of at least 4 members (excludes halogenated alkanes) is 1. The van der Waals surface area contributed by atoms with E-state index >= 15 is 0 Å². The molecule has 0 aliphatic rings. The summed E-state index contributed by atoms with van der Waals surface area (Å²) in [6.45, 7) is 2.68. The molecule has 0 unspecified atom stereocenters. The molecule has 2 aromatic carbocycles. The lowest BCUT2D eigenvalue weighted by Gasteiger charge is -2.27. The number of nitrogens with one attached hydrogen (secondary N) is 7. The van der Waals surface area contributed by atoms with Crippen LogP contribution in [0.25, 0.3) is 0 Å². The second-order valence-electron chi connectivity index (χ2n) is 17.0. The molecule has 0 fully saturated rings. The summed E-state index contributed by atoms with van der Waals surface area (Å²) in [4.78, 5) is 131. The lowest BCUT2D eigenvalue weighted by molar-refractivity contribution is -0.143. The number of nitrogens with two attached hydrogens (primary N) is 2.